The molecule has 1 aliphatic rings. The predicted molar refractivity (Wildman–Crippen MR) is 144 cm³/mol. The second-order valence-electron chi connectivity index (χ2n) is 9.19. The van der Waals surface area contributed by atoms with Gasteiger partial charge in [0.05, 0.1) is 13.1 Å². The fraction of sp³-hybridized carbons (Fsp3) is 0.370. The molecule has 0 radical (unpaired) electrons. The molecular formula is C27H34N6O3. The van der Waals surface area contributed by atoms with Gasteiger partial charge >= 0.3 is 5.69 Å². The zero-order chi connectivity index (χ0) is 25.8. The van der Waals surface area contributed by atoms with Crippen molar-refractivity contribution in [3.8, 4) is 0 Å². The highest BCUT2D eigenvalue weighted by Gasteiger charge is 2.26. The van der Waals surface area contributed by atoms with E-state index in [1.165, 1.54) is 26.3 Å². The molecule has 2 heterocycles. The van der Waals surface area contributed by atoms with Crippen molar-refractivity contribution < 1.29 is 4.79 Å². The topological polar surface area (TPSA) is 108 Å². The number of nitrogens with one attached hydrogen (secondary N) is 1. The number of aryl methyl sites for hydroxylation is 1. The Bertz CT molecular complexity index is 1340. The summed E-state index contributed by atoms with van der Waals surface area (Å²) in [5.74, 6) is -0.234. The van der Waals surface area contributed by atoms with Gasteiger partial charge < -0.3 is 15.5 Å². The van der Waals surface area contributed by atoms with Crippen LogP contribution in [-0.4, -0.2) is 59.6 Å². The average Bonchev–Trinajstić information content (AvgIpc) is 2.87. The number of benzene rings is 2. The highest BCUT2D eigenvalue weighted by atomic mass is 16.2. The van der Waals surface area contributed by atoms with Gasteiger partial charge in [-0.3, -0.25) is 24.0 Å². The van der Waals surface area contributed by atoms with E-state index in [-0.39, 0.29) is 37.0 Å². The van der Waals surface area contributed by atoms with Crippen molar-refractivity contribution in [3.05, 3.63) is 86.1 Å². The zero-order valence-corrected chi connectivity index (χ0v) is 21.2. The second-order valence-corrected chi connectivity index (χ2v) is 9.19. The standard InChI is InChI=1S/C27H34N6O3/c1-4-32(24-25(28)33(27(36)29-26(24)35)17-21-10-6-5-7-11-21)23(34)18-30-13-15-31(16-14-30)22-12-8-9-19(2)20(22)3/h5-12H,4,13-18,28H2,1-3H3,(H,29,35,36). The fourth-order valence-corrected chi connectivity index (χ4v) is 4.72. The summed E-state index contributed by atoms with van der Waals surface area (Å²) in [6.45, 7) is 9.77. The first-order valence-electron chi connectivity index (χ1n) is 12.3. The molecule has 0 aliphatic carbocycles. The van der Waals surface area contributed by atoms with Crippen molar-refractivity contribution in [1.29, 1.82) is 0 Å². The van der Waals surface area contributed by atoms with Crippen molar-refractivity contribution in [1.82, 2.24) is 14.5 Å². The van der Waals surface area contributed by atoms with E-state index in [0.29, 0.717) is 0 Å². The van der Waals surface area contributed by atoms with Gasteiger partial charge in [0.2, 0.25) is 5.91 Å². The minimum Gasteiger partial charge on any atom is -0.383 e. The van der Waals surface area contributed by atoms with Crippen LogP contribution in [0.4, 0.5) is 17.2 Å². The smallest absolute Gasteiger partial charge is 0.330 e. The van der Waals surface area contributed by atoms with Crippen LogP contribution in [0, 0.1) is 13.8 Å². The maximum absolute atomic E-state index is 13.3. The molecule has 0 spiro atoms. The van der Waals surface area contributed by atoms with Crippen LogP contribution >= 0.6 is 0 Å². The first-order chi connectivity index (χ1) is 17.3. The molecule has 0 unspecified atom stereocenters. The maximum atomic E-state index is 13.3. The Hall–Kier alpha value is -3.85. The van der Waals surface area contributed by atoms with Crippen molar-refractivity contribution in [2.45, 2.75) is 27.3 Å². The molecule has 4 rings (SSSR count). The molecule has 9 nitrogen and oxygen atoms in total. The van der Waals surface area contributed by atoms with E-state index in [9.17, 15) is 14.4 Å². The Morgan fingerprint density at radius 2 is 1.69 bits per heavy atom. The lowest BCUT2D eigenvalue weighted by Gasteiger charge is -2.37. The van der Waals surface area contributed by atoms with E-state index in [2.05, 4.69) is 46.8 Å². The maximum Gasteiger partial charge on any atom is 0.330 e. The first-order valence-corrected chi connectivity index (χ1v) is 12.3. The molecule has 0 saturated carbocycles. The summed E-state index contributed by atoms with van der Waals surface area (Å²) < 4.78 is 1.30. The molecule has 190 valence electrons. The molecule has 1 saturated heterocycles. The Kier molecular flexibility index (Phi) is 7.59. The molecule has 2 aromatic carbocycles. The number of amides is 1. The lowest BCUT2D eigenvalue weighted by atomic mass is 10.1. The summed E-state index contributed by atoms with van der Waals surface area (Å²) in [6.07, 6.45) is 0. The molecular weight excluding hydrogens is 456 g/mol. The molecule has 1 aliphatic heterocycles. The molecule has 0 atom stereocenters. The molecule has 1 amide bonds. The summed E-state index contributed by atoms with van der Waals surface area (Å²) in [6, 6.07) is 15.7. The number of likely N-dealkylation sites (N-methyl/N-ethyl adjacent to an activating group) is 1. The monoisotopic (exact) mass is 490 g/mol. The molecule has 3 N–H and O–H groups in total. The lowest BCUT2D eigenvalue weighted by molar-refractivity contribution is -0.119. The summed E-state index contributed by atoms with van der Waals surface area (Å²) in [5, 5.41) is 0. The van der Waals surface area contributed by atoms with E-state index in [4.69, 9.17) is 5.73 Å². The molecule has 1 aromatic heterocycles. The number of carbonyl (C=O) groups is 1. The Balaban J connectivity index is 1.49. The number of piperazine rings is 1. The quantitative estimate of drug-likeness (QED) is 0.524. The lowest BCUT2D eigenvalue weighted by Crippen LogP contribution is -2.51. The van der Waals surface area contributed by atoms with Gasteiger partial charge in [-0.05, 0) is 43.5 Å². The second kappa shape index (κ2) is 10.8. The zero-order valence-electron chi connectivity index (χ0n) is 21.2. The van der Waals surface area contributed by atoms with Gasteiger partial charge in [0.1, 0.15) is 5.82 Å². The minimum atomic E-state index is -0.656. The number of H-pyrrole nitrogens is 1. The number of nitrogen functional groups attached to an aromatic ring is 1. The number of nitrogens with zero attached hydrogens (tertiary/aromatic N) is 4. The molecule has 36 heavy (non-hydrogen) atoms. The van der Waals surface area contributed by atoms with Crippen molar-refractivity contribution in [2.75, 3.05) is 54.8 Å². The Morgan fingerprint density at radius 1 is 1.00 bits per heavy atom. The van der Waals surface area contributed by atoms with Crippen molar-refractivity contribution in [3.63, 3.8) is 0 Å². The number of rotatable bonds is 7. The highest BCUT2D eigenvalue weighted by Crippen LogP contribution is 2.24. The van der Waals surface area contributed by atoms with Gasteiger partial charge in [0.25, 0.3) is 5.56 Å². The Labute approximate surface area is 210 Å². The van der Waals surface area contributed by atoms with Crippen LogP contribution in [0.5, 0.6) is 0 Å². The summed E-state index contributed by atoms with van der Waals surface area (Å²) in [7, 11) is 0. The number of hydrogen-bond acceptors (Lipinski definition) is 6. The third kappa shape index (κ3) is 5.21. The fourth-order valence-electron chi connectivity index (χ4n) is 4.72. The summed E-state index contributed by atoms with van der Waals surface area (Å²) in [4.78, 5) is 46.8. The first kappa shape index (κ1) is 25.2. The summed E-state index contributed by atoms with van der Waals surface area (Å²) >= 11 is 0. The van der Waals surface area contributed by atoms with Gasteiger partial charge in [-0.15, -0.1) is 0 Å². The van der Waals surface area contributed by atoms with E-state index < -0.39 is 11.2 Å². The van der Waals surface area contributed by atoms with E-state index >= 15 is 0 Å². The third-order valence-corrected chi connectivity index (χ3v) is 6.93. The number of hydrogen-bond donors (Lipinski definition) is 2. The van der Waals surface area contributed by atoms with Crippen molar-refractivity contribution >= 4 is 23.1 Å². The van der Waals surface area contributed by atoms with Crippen LogP contribution in [0.2, 0.25) is 0 Å². The number of carbonyl (C=O) groups excluding carboxylic acids is 1. The van der Waals surface area contributed by atoms with E-state index in [1.54, 1.807) is 6.92 Å². The third-order valence-electron chi connectivity index (χ3n) is 6.93. The predicted octanol–water partition coefficient (Wildman–Crippen LogP) is 1.96. The van der Waals surface area contributed by atoms with Crippen molar-refractivity contribution in [2.24, 2.45) is 0 Å². The van der Waals surface area contributed by atoms with Gasteiger partial charge in [0, 0.05) is 38.4 Å². The van der Waals surface area contributed by atoms with Crippen LogP contribution in [0.3, 0.4) is 0 Å². The number of nitrogens with two attached hydrogens (primary N) is 1. The van der Waals surface area contributed by atoms with Crippen LogP contribution in [0.15, 0.2) is 58.1 Å². The Morgan fingerprint density at radius 3 is 2.36 bits per heavy atom. The summed E-state index contributed by atoms with van der Waals surface area (Å²) in [5.41, 5.74) is 9.72. The molecule has 3 aromatic rings. The van der Waals surface area contributed by atoms with E-state index in [0.717, 1.165) is 31.7 Å². The minimum absolute atomic E-state index is 0.0115. The average molecular weight is 491 g/mol. The highest BCUT2D eigenvalue weighted by molar-refractivity contribution is 5.96. The van der Waals surface area contributed by atoms with Gasteiger partial charge in [-0.2, -0.15) is 0 Å². The number of aromatic nitrogens is 2. The largest absolute Gasteiger partial charge is 0.383 e. The van der Waals surface area contributed by atoms with Gasteiger partial charge in [-0.25, -0.2) is 4.79 Å². The number of anilines is 3. The molecule has 1 fully saturated rings. The van der Waals surface area contributed by atoms with Gasteiger partial charge in [-0.1, -0.05) is 42.5 Å². The number of aromatic amines is 1. The SMILES string of the molecule is CCN(C(=O)CN1CCN(c2cccc(C)c2C)CC1)c1c(N)n(Cc2ccccc2)c(=O)[nH]c1=O. The van der Waals surface area contributed by atoms with E-state index in [1.807, 2.05) is 30.3 Å². The molecule has 9 heteroatoms. The van der Waals surface area contributed by atoms with Gasteiger partial charge in [0.15, 0.2) is 5.69 Å². The van der Waals surface area contributed by atoms with Crippen LogP contribution in [-0.2, 0) is 11.3 Å². The van der Waals surface area contributed by atoms with Crippen LogP contribution in [0.1, 0.15) is 23.6 Å². The van der Waals surface area contributed by atoms with Crippen LogP contribution < -0.4 is 26.8 Å². The van der Waals surface area contributed by atoms with Crippen LogP contribution in [0.25, 0.3) is 0 Å². The molecule has 0 bridgehead atoms. The normalized spacial score (nSPS) is 14.1.